The minimum atomic E-state index is -0.372. The first kappa shape index (κ1) is 10.0. The van der Waals surface area contributed by atoms with Crippen molar-refractivity contribution in [3.05, 3.63) is 66.4 Å². The van der Waals surface area contributed by atoms with Gasteiger partial charge < -0.3 is 4.57 Å². The highest BCUT2D eigenvalue weighted by atomic mass is 19.1. The molecule has 0 atom stereocenters. The van der Waals surface area contributed by atoms with E-state index in [1.165, 1.54) is 18.2 Å². The van der Waals surface area contributed by atoms with Crippen LogP contribution in [0.3, 0.4) is 0 Å². The molecule has 0 aliphatic carbocycles. The van der Waals surface area contributed by atoms with E-state index in [2.05, 4.69) is 6.07 Å². The van der Waals surface area contributed by atoms with Crippen LogP contribution in [-0.2, 0) is 0 Å². The van der Waals surface area contributed by atoms with Crippen LogP contribution in [-0.4, -0.2) is 4.57 Å². The molecular weight excluding hydrogens is 220 g/mol. The Morgan fingerprint density at radius 1 is 0.941 bits per heavy atom. The highest BCUT2D eigenvalue weighted by molar-refractivity contribution is 5.82. The molecule has 0 N–H and O–H groups in total. The van der Waals surface area contributed by atoms with Crippen molar-refractivity contribution < 1.29 is 8.78 Å². The number of fused-ring (bicyclic) bond motifs is 1. The van der Waals surface area contributed by atoms with Gasteiger partial charge in [0.1, 0.15) is 11.6 Å². The number of hydrogen-bond donors (Lipinski definition) is 0. The summed E-state index contributed by atoms with van der Waals surface area (Å²) in [6.07, 6.45) is 1.76. The van der Waals surface area contributed by atoms with Gasteiger partial charge in [-0.1, -0.05) is 0 Å². The predicted molar refractivity (Wildman–Crippen MR) is 62.0 cm³/mol. The van der Waals surface area contributed by atoms with Crippen LogP contribution in [0.25, 0.3) is 16.6 Å². The van der Waals surface area contributed by atoms with Crippen molar-refractivity contribution in [2.45, 2.75) is 0 Å². The summed E-state index contributed by atoms with van der Waals surface area (Å²) >= 11 is 0. The first-order valence-corrected chi connectivity index (χ1v) is 5.19. The zero-order valence-corrected chi connectivity index (χ0v) is 8.82. The van der Waals surface area contributed by atoms with E-state index in [1.807, 2.05) is 4.57 Å². The van der Waals surface area contributed by atoms with Gasteiger partial charge in [-0.2, -0.15) is 0 Å². The van der Waals surface area contributed by atoms with E-state index in [-0.39, 0.29) is 11.6 Å². The van der Waals surface area contributed by atoms with E-state index in [4.69, 9.17) is 0 Å². The maximum Gasteiger partial charge on any atom is 0.140 e. The summed E-state index contributed by atoms with van der Waals surface area (Å²) in [4.78, 5) is 0. The van der Waals surface area contributed by atoms with Gasteiger partial charge in [-0.3, -0.25) is 0 Å². The third-order valence-electron chi connectivity index (χ3n) is 2.72. The number of halogens is 2. The molecule has 3 rings (SSSR count). The van der Waals surface area contributed by atoms with Crippen LogP contribution in [0.2, 0.25) is 0 Å². The van der Waals surface area contributed by atoms with Crippen molar-refractivity contribution in [1.82, 2.24) is 4.57 Å². The standard InChI is InChI=1S/C14H8F2N/c15-10-4-6-11(7-5-10)17-9-8-12-13(16)2-1-3-14(12)17/h1,3-9H. The van der Waals surface area contributed by atoms with Gasteiger partial charge in [-0.05, 0) is 42.5 Å². The third kappa shape index (κ3) is 1.60. The lowest BCUT2D eigenvalue weighted by molar-refractivity contribution is 0.627. The molecule has 2 aromatic carbocycles. The Morgan fingerprint density at radius 2 is 1.71 bits per heavy atom. The Morgan fingerprint density at radius 3 is 2.47 bits per heavy atom. The minimum absolute atomic E-state index is 0.287. The maximum atomic E-state index is 13.5. The largest absolute Gasteiger partial charge is 0.316 e. The van der Waals surface area contributed by atoms with Crippen LogP contribution in [0.1, 0.15) is 0 Å². The topological polar surface area (TPSA) is 4.93 Å². The average molecular weight is 228 g/mol. The molecule has 0 aliphatic rings. The fraction of sp³-hybridized carbons (Fsp3) is 0. The molecule has 0 spiro atoms. The van der Waals surface area contributed by atoms with Crippen molar-refractivity contribution in [2.24, 2.45) is 0 Å². The number of benzene rings is 2. The molecule has 0 unspecified atom stereocenters. The summed E-state index contributed by atoms with van der Waals surface area (Å²) in [6, 6.07) is 13.6. The zero-order chi connectivity index (χ0) is 11.8. The molecular formula is C14H8F2N. The maximum absolute atomic E-state index is 13.5. The molecule has 0 fully saturated rings. The van der Waals surface area contributed by atoms with Gasteiger partial charge in [0.15, 0.2) is 0 Å². The SMILES string of the molecule is Fc1ccc(-n2ccc3c(F)[c]ccc32)cc1. The molecule has 83 valence electrons. The summed E-state index contributed by atoms with van der Waals surface area (Å²) in [5.74, 6) is -0.659. The molecule has 1 nitrogen and oxygen atoms in total. The van der Waals surface area contributed by atoms with E-state index >= 15 is 0 Å². The monoisotopic (exact) mass is 228 g/mol. The second-order valence-corrected chi connectivity index (χ2v) is 3.75. The number of aromatic nitrogens is 1. The van der Waals surface area contributed by atoms with E-state index in [0.29, 0.717) is 5.39 Å². The fourth-order valence-electron chi connectivity index (χ4n) is 1.90. The molecule has 3 heteroatoms. The molecule has 1 radical (unpaired) electrons. The zero-order valence-electron chi connectivity index (χ0n) is 8.82. The van der Waals surface area contributed by atoms with Crippen molar-refractivity contribution in [3.63, 3.8) is 0 Å². The normalized spacial score (nSPS) is 10.9. The third-order valence-corrected chi connectivity index (χ3v) is 2.72. The first-order chi connectivity index (χ1) is 8.25. The molecule has 0 aliphatic heterocycles. The summed E-state index contributed by atoms with van der Waals surface area (Å²) < 4.78 is 28.1. The molecule has 0 saturated heterocycles. The molecule has 0 amide bonds. The fourth-order valence-corrected chi connectivity index (χ4v) is 1.90. The van der Waals surface area contributed by atoms with Gasteiger partial charge in [-0.15, -0.1) is 0 Å². The first-order valence-electron chi connectivity index (χ1n) is 5.19. The highest BCUT2D eigenvalue weighted by Gasteiger charge is 2.06. The van der Waals surface area contributed by atoms with Gasteiger partial charge in [0.05, 0.1) is 5.52 Å². The molecule has 1 heterocycles. The number of hydrogen-bond acceptors (Lipinski definition) is 0. The van der Waals surface area contributed by atoms with Crippen molar-refractivity contribution in [1.29, 1.82) is 0 Å². The van der Waals surface area contributed by atoms with E-state index in [9.17, 15) is 8.78 Å². The van der Waals surface area contributed by atoms with Gasteiger partial charge >= 0.3 is 0 Å². The highest BCUT2D eigenvalue weighted by Crippen LogP contribution is 2.22. The second kappa shape index (κ2) is 3.70. The van der Waals surface area contributed by atoms with Crippen molar-refractivity contribution in [2.75, 3.05) is 0 Å². The van der Waals surface area contributed by atoms with E-state index < -0.39 is 0 Å². The summed E-state index contributed by atoms with van der Waals surface area (Å²) in [7, 11) is 0. The molecule has 3 aromatic rings. The number of nitrogens with zero attached hydrogens (tertiary/aromatic N) is 1. The number of rotatable bonds is 1. The van der Waals surface area contributed by atoms with Crippen LogP contribution >= 0.6 is 0 Å². The molecule has 0 saturated carbocycles. The summed E-state index contributed by atoms with van der Waals surface area (Å²) in [5, 5.41) is 0.511. The van der Waals surface area contributed by atoms with E-state index in [1.54, 1.807) is 30.5 Å². The Kier molecular flexibility index (Phi) is 2.18. The van der Waals surface area contributed by atoms with Crippen LogP contribution in [0, 0.1) is 17.7 Å². The van der Waals surface area contributed by atoms with Crippen molar-refractivity contribution in [3.8, 4) is 5.69 Å². The van der Waals surface area contributed by atoms with Gasteiger partial charge in [-0.25, -0.2) is 8.78 Å². The lowest BCUT2D eigenvalue weighted by Gasteiger charge is -2.05. The van der Waals surface area contributed by atoms with Crippen LogP contribution < -0.4 is 0 Å². The second-order valence-electron chi connectivity index (χ2n) is 3.75. The van der Waals surface area contributed by atoms with Crippen LogP contribution in [0.5, 0.6) is 0 Å². The smallest absolute Gasteiger partial charge is 0.140 e. The average Bonchev–Trinajstić information content (AvgIpc) is 2.75. The summed E-state index contributed by atoms with van der Waals surface area (Å²) in [5.41, 5.74) is 1.54. The van der Waals surface area contributed by atoms with E-state index in [0.717, 1.165) is 11.2 Å². The van der Waals surface area contributed by atoms with Gasteiger partial charge in [0, 0.05) is 23.3 Å². The van der Waals surface area contributed by atoms with Gasteiger partial charge in [0.2, 0.25) is 0 Å². The Hall–Kier alpha value is -2.16. The predicted octanol–water partition coefficient (Wildman–Crippen LogP) is 3.71. The van der Waals surface area contributed by atoms with Crippen LogP contribution in [0.15, 0.2) is 48.7 Å². The summed E-state index contributed by atoms with van der Waals surface area (Å²) in [6.45, 7) is 0. The lowest BCUT2D eigenvalue weighted by atomic mass is 10.2. The molecule has 0 bridgehead atoms. The van der Waals surface area contributed by atoms with Crippen LogP contribution in [0.4, 0.5) is 8.78 Å². The Bertz CT molecular complexity index is 668. The molecule has 1 aromatic heterocycles. The quantitative estimate of drug-likeness (QED) is 0.598. The Labute approximate surface area is 96.9 Å². The van der Waals surface area contributed by atoms with Gasteiger partial charge in [0.25, 0.3) is 0 Å². The molecule has 17 heavy (non-hydrogen) atoms. The Balaban J connectivity index is 2.24. The van der Waals surface area contributed by atoms with Crippen molar-refractivity contribution >= 4 is 10.9 Å². The minimum Gasteiger partial charge on any atom is -0.316 e. The lowest BCUT2D eigenvalue weighted by Crippen LogP contribution is -1.91.